The number of hydrogen-bond donors (Lipinski definition) is 1. The monoisotopic (exact) mass is 375 g/mol. The molecule has 1 N–H and O–H groups in total. The number of aliphatic hydroxyl groups excluding tert-OH is 1. The zero-order valence-electron chi connectivity index (χ0n) is 16.4. The van der Waals surface area contributed by atoms with Gasteiger partial charge in [-0.05, 0) is 30.7 Å². The number of pyridine rings is 1. The third-order valence-corrected chi connectivity index (χ3v) is 4.99. The quantitative estimate of drug-likeness (QED) is 0.704. The fourth-order valence-electron chi connectivity index (χ4n) is 3.52. The maximum atomic E-state index is 8.76. The lowest BCUT2D eigenvalue weighted by Gasteiger charge is -2.35. The van der Waals surface area contributed by atoms with Crippen LogP contribution < -0.4 is 14.4 Å². The molecule has 7 heteroatoms. The van der Waals surface area contributed by atoms with E-state index in [4.69, 9.17) is 24.3 Å². The molecule has 0 radical (unpaired) electrons. The van der Waals surface area contributed by atoms with Crippen LogP contribution in [0.2, 0.25) is 0 Å². The molecule has 0 spiro atoms. The molecule has 1 aliphatic rings. The Balaban J connectivity index is 1.74. The van der Waals surface area contributed by atoms with Crippen LogP contribution in [-0.4, -0.2) is 81.8 Å². The highest BCUT2D eigenvalue weighted by atomic mass is 16.5. The Morgan fingerprint density at radius 1 is 1.04 bits per heavy atom. The Bertz CT molecular complexity index is 760. The third kappa shape index (κ3) is 4.43. The Kier molecular flexibility index (Phi) is 6.71. The molecule has 0 bridgehead atoms. The molecular formula is C20H29N3O4. The molecule has 3 rings (SSSR count). The lowest BCUT2D eigenvalue weighted by Crippen LogP contribution is -2.47. The highest BCUT2D eigenvalue weighted by Gasteiger charge is 2.20. The number of benzene rings is 1. The van der Waals surface area contributed by atoms with Crippen LogP contribution in [-0.2, 0) is 4.74 Å². The summed E-state index contributed by atoms with van der Waals surface area (Å²) in [4.78, 5) is 9.60. The summed E-state index contributed by atoms with van der Waals surface area (Å²) in [5, 5.41) is 9.76. The number of fused-ring (bicyclic) bond motifs is 1. The zero-order chi connectivity index (χ0) is 19.2. The SMILES string of the molecule is COc1ccc(OC)c2c(C)cc(N3CCN(CCOCCO)CC3)nc12. The summed E-state index contributed by atoms with van der Waals surface area (Å²) in [5.74, 6) is 2.55. The summed E-state index contributed by atoms with van der Waals surface area (Å²) in [6, 6.07) is 5.96. The number of hydrogen-bond acceptors (Lipinski definition) is 7. The molecule has 0 aliphatic carbocycles. The second kappa shape index (κ2) is 9.21. The van der Waals surface area contributed by atoms with Crippen LogP contribution in [0.3, 0.4) is 0 Å². The number of nitrogens with zero attached hydrogens (tertiary/aromatic N) is 3. The van der Waals surface area contributed by atoms with Crippen molar-refractivity contribution in [1.29, 1.82) is 0 Å². The highest BCUT2D eigenvalue weighted by molar-refractivity contribution is 5.94. The van der Waals surface area contributed by atoms with Gasteiger partial charge in [-0.3, -0.25) is 4.90 Å². The summed E-state index contributed by atoms with van der Waals surface area (Å²) in [7, 11) is 3.35. The molecule has 7 nitrogen and oxygen atoms in total. The van der Waals surface area contributed by atoms with Gasteiger partial charge in [0.1, 0.15) is 22.8 Å². The molecule has 1 aliphatic heterocycles. The molecule has 2 aromatic rings. The van der Waals surface area contributed by atoms with Gasteiger partial charge in [0.25, 0.3) is 0 Å². The van der Waals surface area contributed by atoms with E-state index in [9.17, 15) is 0 Å². The van der Waals surface area contributed by atoms with Crippen molar-refractivity contribution in [3.63, 3.8) is 0 Å². The molecular weight excluding hydrogens is 346 g/mol. The molecule has 1 aromatic heterocycles. The van der Waals surface area contributed by atoms with Crippen LogP contribution in [0.4, 0.5) is 5.82 Å². The number of aromatic nitrogens is 1. The van der Waals surface area contributed by atoms with Crippen LogP contribution in [0.1, 0.15) is 5.56 Å². The van der Waals surface area contributed by atoms with E-state index in [1.54, 1.807) is 14.2 Å². The van der Waals surface area contributed by atoms with Crippen LogP contribution in [0.15, 0.2) is 18.2 Å². The molecule has 27 heavy (non-hydrogen) atoms. The van der Waals surface area contributed by atoms with E-state index < -0.39 is 0 Å². The molecule has 1 aromatic carbocycles. The van der Waals surface area contributed by atoms with E-state index in [1.807, 2.05) is 12.1 Å². The maximum absolute atomic E-state index is 8.76. The van der Waals surface area contributed by atoms with Crippen LogP contribution in [0.5, 0.6) is 11.5 Å². The minimum atomic E-state index is 0.0784. The van der Waals surface area contributed by atoms with Gasteiger partial charge in [0.05, 0.1) is 34.0 Å². The number of piperazine rings is 1. The minimum Gasteiger partial charge on any atom is -0.496 e. The van der Waals surface area contributed by atoms with Crippen molar-refractivity contribution in [1.82, 2.24) is 9.88 Å². The van der Waals surface area contributed by atoms with Crippen molar-refractivity contribution in [3.05, 3.63) is 23.8 Å². The molecule has 2 heterocycles. The average Bonchev–Trinajstić information content (AvgIpc) is 2.70. The fraction of sp³-hybridized carbons (Fsp3) is 0.550. The van der Waals surface area contributed by atoms with Crippen molar-refractivity contribution in [3.8, 4) is 11.5 Å². The predicted octanol–water partition coefficient (Wildman–Crippen LogP) is 1.69. The molecule has 1 saturated heterocycles. The second-order valence-corrected chi connectivity index (χ2v) is 6.66. The lowest BCUT2D eigenvalue weighted by molar-refractivity contribution is 0.0724. The van der Waals surface area contributed by atoms with E-state index in [0.29, 0.717) is 13.2 Å². The predicted molar refractivity (Wildman–Crippen MR) is 106 cm³/mol. The van der Waals surface area contributed by atoms with Crippen molar-refractivity contribution in [2.75, 3.05) is 71.7 Å². The first kappa shape index (κ1) is 19.7. The normalized spacial score (nSPS) is 15.3. The number of rotatable bonds is 8. The number of aryl methyl sites for hydroxylation is 1. The fourth-order valence-corrected chi connectivity index (χ4v) is 3.52. The van der Waals surface area contributed by atoms with Crippen LogP contribution in [0, 0.1) is 6.92 Å². The third-order valence-electron chi connectivity index (χ3n) is 4.99. The van der Waals surface area contributed by atoms with E-state index in [-0.39, 0.29) is 6.61 Å². The summed E-state index contributed by atoms with van der Waals surface area (Å²) < 4.78 is 16.4. The minimum absolute atomic E-state index is 0.0784. The van der Waals surface area contributed by atoms with Crippen molar-refractivity contribution in [2.24, 2.45) is 0 Å². The number of ether oxygens (including phenoxy) is 3. The van der Waals surface area contributed by atoms with Gasteiger partial charge in [-0.2, -0.15) is 0 Å². The number of methoxy groups -OCH3 is 2. The largest absolute Gasteiger partial charge is 0.496 e. The molecule has 1 fully saturated rings. The van der Waals surface area contributed by atoms with Crippen molar-refractivity contribution < 1.29 is 19.3 Å². The van der Waals surface area contributed by atoms with Gasteiger partial charge in [-0.25, -0.2) is 4.98 Å². The second-order valence-electron chi connectivity index (χ2n) is 6.66. The number of anilines is 1. The van der Waals surface area contributed by atoms with Gasteiger partial charge in [-0.1, -0.05) is 0 Å². The summed E-state index contributed by atoms with van der Waals surface area (Å²) in [5.41, 5.74) is 1.97. The molecule has 0 amide bonds. The Labute approximate surface area is 160 Å². The lowest BCUT2D eigenvalue weighted by atomic mass is 10.1. The molecule has 0 atom stereocenters. The van der Waals surface area contributed by atoms with E-state index in [1.165, 1.54) is 0 Å². The standard InChI is InChI=1S/C20H29N3O4/c1-15-14-18(21-20-17(26-3)5-4-16(25-2)19(15)20)23-8-6-22(7-9-23)10-12-27-13-11-24/h4-5,14,24H,6-13H2,1-3H3. The van der Waals surface area contributed by atoms with Crippen LogP contribution >= 0.6 is 0 Å². The Morgan fingerprint density at radius 2 is 1.74 bits per heavy atom. The first-order valence-corrected chi connectivity index (χ1v) is 9.36. The van der Waals surface area contributed by atoms with Crippen molar-refractivity contribution in [2.45, 2.75) is 6.92 Å². The summed E-state index contributed by atoms with van der Waals surface area (Å²) in [6.07, 6.45) is 0. The van der Waals surface area contributed by atoms with Gasteiger partial charge in [-0.15, -0.1) is 0 Å². The van der Waals surface area contributed by atoms with E-state index in [0.717, 1.165) is 66.5 Å². The zero-order valence-corrected chi connectivity index (χ0v) is 16.4. The average molecular weight is 375 g/mol. The maximum Gasteiger partial charge on any atom is 0.145 e. The first-order chi connectivity index (χ1) is 13.2. The first-order valence-electron chi connectivity index (χ1n) is 9.36. The van der Waals surface area contributed by atoms with Crippen LogP contribution in [0.25, 0.3) is 10.9 Å². The summed E-state index contributed by atoms with van der Waals surface area (Å²) >= 11 is 0. The Morgan fingerprint density at radius 3 is 2.41 bits per heavy atom. The Hall–Kier alpha value is -2.09. The smallest absolute Gasteiger partial charge is 0.145 e. The van der Waals surface area contributed by atoms with Crippen molar-refractivity contribution >= 4 is 16.7 Å². The topological polar surface area (TPSA) is 67.3 Å². The van der Waals surface area contributed by atoms with E-state index >= 15 is 0 Å². The van der Waals surface area contributed by atoms with Gasteiger partial charge in [0.2, 0.25) is 0 Å². The van der Waals surface area contributed by atoms with Gasteiger partial charge in [0.15, 0.2) is 0 Å². The van der Waals surface area contributed by atoms with E-state index in [2.05, 4.69) is 22.8 Å². The molecule has 0 unspecified atom stereocenters. The highest BCUT2D eigenvalue weighted by Crippen LogP contribution is 2.36. The van der Waals surface area contributed by atoms with Gasteiger partial charge < -0.3 is 24.2 Å². The molecule has 148 valence electrons. The van der Waals surface area contributed by atoms with Gasteiger partial charge >= 0.3 is 0 Å². The van der Waals surface area contributed by atoms with Gasteiger partial charge in [0, 0.05) is 38.1 Å². The molecule has 0 saturated carbocycles. The summed E-state index contributed by atoms with van der Waals surface area (Å²) in [6.45, 7) is 7.90. The number of aliphatic hydroxyl groups is 1.